The first kappa shape index (κ1) is 15.6. The highest BCUT2D eigenvalue weighted by Crippen LogP contribution is 2.31. The van der Waals surface area contributed by atoms with Gasteiger partial charge in [-0.15, -0.1) is 0 Å². The highest BCUT2D eigenvalue weighted by molar-refractivity contribution is 5.81. The molecule has 0 spiro atoms. The maximum absolute atomic E-state index is 4.88. The number of fused-ring (bicyclic) bond motifs is 1. The molecule has 0 saturated carbocycles. The molecule has 1 N–H and O–H groups in total. The van der Waals surface area contributed by atoms with Crippen LogP contribution >= 0.6 is 0 Å². The van der Waals surface area contributed by atoms with Gasteiger partial charge in [0.25, 0.3) is 0 Å². The minimum absolute atomic E-state index is 0.0747. The van der Waals surface area contributed by atoms with Crippen molar-refractivity contribution in [2.24, 2.45) is 0 Å². The Morgan fingerprint density at radius 3 is 2.24 bits per heavy atom. The van der Waals surface area contributed by atoms with E-state index < -0.39 is 0 Å². The molecular weight excluding hydrogens is 308 g/mol. The lowest BCUT2D eigenvalue weighted by atomic mass is 9.92. The summed E-state index contributed by atoms with van der Waals surface area (Å²) in [6.07, 6.45) is 0. The van der Waals surface area contributed by atoms with Crippen molar-refractivity contribution in [3.63, 3.8) is 0 Å². The van der Waals surface area contributed by atoms with E-state index in [1.165, 1.54) is 5.56 Å². The second kappa shape index (κ2) is 5.59. The van der Waals surface area contributed by atoms with Crippen LogP contribution in [0, 0.1) is 6.92 Å². The summed E-state index contributed by atoms with van der Waals surface area (Å²) in [6, 6.07) is 18.6. The highest BCUT2D eigenvalue weighted by Gasteiger charge is 2.26. The van der Waals surface area contributed by atoms with Crippen molar-refractivity contribution in [2.75, 3.05) is 0 Å². The van der Waals surface area contributed by atoms with Crippen LogP contribution in [0.15, 0.2) is 54.6 Å². The van der Waals surface area contributed by atoms with Crippen molar-refractivity contribution < 1.29 is 0 Å². The number of aromatic nitrogens is 4. The third-order valence-corrected chi connectivity index (χ3v) is 4.36. The average Bonchev–Trinajstić information content (AvgIpc) is 3.15. The Morgan fingerprint density at radius 2 is 1.60 bits per heavy atom. The predicted molar refractivity (Wildman–Crippen MR) is 102 cm³/mol. The maximum atomic E-state index is 4.88. The highest BCUT2D eigenvalue weighted by atomic mass is 15.3. The van der Waals surface area contributed by atoms with Crippen molar-refractivity contribution in [3.05, 3.63) is 65.9 Å². The zero-order valence-electron chi connectivity index (χ0n) is 15.0. The Morgan fingerprint density at radius 1 is 0.920 bits per heavy atom. The SMILES string of the molecule is Cc1ccc(-n2nc(C(C)(C)C)c3[nH]c(-c4ccccc4)nc32)cc1. The lowest BCUT2D eigenvalue weighted by Crippen LogP contribution is -2.13. The monoisotopic (exact) mass is 330 g/mol. The van der Waals surface area contributed by atoms with E-state index in [-0.39, 0.29) is 5.41 Å². The minimum atomic E-state index is -0.0747. The Hall–Kier alpha value is -2.88. The van der Waals surface area contributed by atoms with E-state index in [0.717, 1.165) is 33.9 Å². The maximum Gasteiger partial charge on any atom is 0.181 e. The van der Waals surface area contributed by atoms with E-state index in [4.69, 9.17) is 10.1 Å². The number of H-pyrrole nitrogens is 1. The van der Waals surface area contributed by atoms with Gasteiger partial charge in [-0.3, -0.25) is 0 Å². The van der Waals surface area contributed by atoms with Crippen LogP contribution in [0.25, 0.3) is 28.2 Å². The molecule has 2 aromatic heterocycles. The molecule has 126 valence electrons. The number of nitrogens with one attached hydrogen (secondary N) is 1. The standard InChI is InChI=1S/C21H22N4/c1-14-10-12-16(13-11-14)25-20-17(18(24-25)21(2,3)4)22-19(23-20)15-8-6-5-7-9-15/h5-13H,1-4H3,(H,22,23). The summed E-state index contributed by atoms with van der Waals surface area (Å²) in [4.78, 5) is 8.35. The molecule has 0 radical (unpaired) electrons. The first-order valence-electron chi connectivity index (χ1n) is 8.55. The molecule has 4 heteroatoms. The van der Waals surface area contributed by atoms with Gasteiger partial charge in [0, 0.05) is 11.0 Å². The number of imidazole rings is 1. The third-order valence-electron chi connectivity index (χ3n) is 4.36. The van der Waals surface area contributed by atoms with Gasteiger partial charge in [-0.2, -0.15) is 5.10 Å². The number of aromatic amines is 1. The molecule has 0 aliphatic carbocycles. The summed E-state index contributed by atoms with van der Waals surface area (Å²) in [6.45, 7) is 8.62. The molecule has 0 fully saturated rings. The zero-order chi connectivity index (χ0) is 17.6. The van der Waals surface area contributed by atoms with Crippen LogP contribution in [0.3, 0.4) is 0 Å². The van der Waals surface area contributed by atoms with E-state index in [9.17, 15) is 0 Å². The summed E-state index contributed by atoms with van der Waals surface area (Å²) in [5.41, 5.74) is 6.16. The molecular formula is C21H22N4. The Balaban J connectivity index is 1.97. The zero-order valence-corrected chi connectivity index (χ0v) is 15.0. The lowest BCUT2D eigenvalue weighted by Gasteiger charge is -2.15. The van der Waals surface area contributed by atoms with Crippen molar-refractivity contribution in [2.45, 2.75) is 33.1 Å². The van der Waals surface area contributed by atoms with E-state index in [1.54, 1.807) is 0 Å². The molecule has 4 aromatic rings. The van der Waals surface area contributed by atoms with Gasteiger partial charge in [-0.1, -0.05) is 68.8 Å². The molecule has 2 aromatic carbocycles. The Bertz CT molecular complexity index is 1020. The van der Waals surface area contributed by atoms with Gasteiger partial charge in [0.05, 0.1) is 11.4 Å². The molecule has 0 unspecified atom stereocenters. The normalized spacial score (nSPS) is 12.0. The van der Waals surface area contributed by atoms with Gasteiger partial charge in [0.15, 0.2) is 5.65 Å². The fraction of sp³-hybridized carbons (Fsp3) is 0.238. The molecule has 0 saturated heterocycles. The van der Waals surface area contributed by atoms with Crippen molar-refractivity contribution >= 4 is 11.2 Å². The Labute approximate surface area is 147 Å². The lowest BCUT2D eigenvalue weighted by molar-refractivity contribution is 0.563. The molecule has 4 rings (SSSR count). The molecule has 2 heterocycles. The molecule has 0 aliphatic rings. The number of aryl methyl sites for hydroxylation is 1. The Kier molecular flexibility index (Phi) is 3.49. The summed E-state index contributed by atoms with van der Waals surface area (Å²) in [5, 5.41) is 4.88. The molecule has 4 nitrogen and oxygen atoms in total. The largest absolute Gasteiger partial charge is 0.335 e. The fourth-order valence-corrected chi connectivity index (χ4v) is 3.00. The summed E-state index contributed by atoms with van der Waals surface area (Å²) in [5.74, 6) is 0.874. The smallest absolute Gasteiger partial charge is 0.181 e. The van der Waals surface area contributed by atoms with Crippen LogP contribution < -0.4 is 0 Å². The molecule has 0 bridgehead atoms. The average molecular weight is 330 g/mol. The first-order valence-corrected chi connectivity index (χ1v) is 8.55. The van der Waals surface area contributed by atoms with E-state index in [0.29, 0.717) is 0 Å². The summed E-state index contributed by atoms with van der Waals surface area (Å²) in [7, 11) is 0. The third kappa shape index (κ3) is 2.74. The van der Waals surface area contributed by atoms with Gasteiger partial charge in [0.2, 0.25) is 0 Å². The number of rotatable bonds is 2. The van der Waals surface area contributed by atoms with Gasteiger partial charge in [0.1, 0.15) is 11.3 Å². The van der Waals surface area contributed by atoms with Crippen LogP contribution in [0.4, 0.5) is 0 Å². The summed E-state index contributed by atoms with van der Waals surface area (Å²) < 4.78 is 1.94. The number of nitrogens with zero attached hydrogens (tertiary/aromatic N) is 3. The molecule has 25 heavy (non-hydrogen) atoms. The van der Waals surface area contributed by atoms with Crippen LogP contribution in [0.5, 0.6) is 0 Å². The minimum Gasteiger partial charge on any atom is -0.335 e. The molecule has 0 aliphatic heterocycles. The number of benzene rings is 2. The van der Waals surface area contributed by atoms with E-state index in [1.807, 2.05) is 22.9 Å². The molecule has 0 atom stereocenters. The first-order chi connectivity index (χ1) is 11.9. The second-order valence-corrected chi connectivity index (χ2v) is 7.50. The topological polar surface area (TPSA) is 46.5 Å². The van der Waals surface area contributed by atoms with Crippen LogP contribution in [-0.4, -0.2) is 19.7 Å². The quantitative estimate of drug-likeness (QED) is 0.561. The van der Waals surface area contributed by atoms with Crippen molar-refractivity contribution in [1.82, 2.24) is 19.7 Å². The van der Waals surface area contributed by atoms with Gasteiger partial charge in [-0.25, -0.2) is 9.67 Å². The van der Waals surface area contributed by atoms with E-state index >= 15 is 0 Å². The van der Waals surface area contributed by atoms with Crippen LogP contribution in [-0.2, 0) is 5.41 Å². The summed E-state index contributed by atoms with van der Waals surface area (Å²) >= 11 is 0. The predicted octanol–water partition coefficient (Wildman–Crippen LogP) is 5.02. The fourth-order valence-electron chi connectivity index (χ4n) is 3.00. The van der Waals surface area contributed by atoms with Gasteiger partial charge in [-0.05, 0) is 19.1 Å². The van der Waals surface area contributed by atoms with Gasteiger partial charge >= 0.3 is 0 Å². The van der Waals surface area contributed by atoms with E-state index in [2.05, 4.69) is 69.1 Å². The number of hydrogen-bond acceptors (Lipinski definition) is 2. The van der Waals surface area contributed by atoms with Crippen LogP contribution in [0.2, 0.25) is 0 Å². The van der Waals surface area contributed by atoms with Gasteiger partial charge < -0.3 is 4.98 Å². The molecule has 0 amide bonds. The van der Waals surface area contributed by atoms with Crippen molar-refractivity contribution in [3.8, 4) is 17.1 Å². The second-order valence-electron chi connectivity index (χ2n) is 7.50. The van der Waals surface area contributed by atoms with Crippen LogP contribution in [0.1, 0.15) is 32.0 Å². The van der Waals surface area contributed by atoms with Crippen molar-refractivity contribution in [1.29, 1.82) is 0 Å². The number of hydrogen-bond donors (Lipinski definition) is 1.